The lowest BCUT2D eigenvalue weighted by Crippen LogP contribution is -2.17. The van der Waals surface area contributed by atoms with Crippen molar-refractivity contribution in [2.24, 2.45) is 11.1 Å². The molecule has 0 amide bonds. The van der Waals surface area contributed by atoms with Crippen molar-refractivity contribution in [3.05, 3.63) is 77.0 Å². The van der Waals surface area contributed by atoms with E-state index in [4.69, 9.17) is 4.74 Å². The molecule has 7 nitrogen and oxygen atoms in total. The molecule has 1 aliphatic carbocycles. The number of carbonyl (C=O) groups excluding carboxylic acids is 3. The minimum absolute atomic E-state index is 0.0751. The Bertz CT molecular complexity index is 1330. The van der Waals surface area contributed by atoms with Gasteiger partial charge >= 0.3 is 5.97 Å². The molecule has 1 saturated heterocycles. The van der Waals surface area contributed by atoms with Crippen LogP contribution in [0.3, 0.4) is 0 Å². The maximum atomic E-state index is 13.0. The highest BCUT2D eigenvalue weighted by molar-refractivity contribution is 6.39. The molecule has 32 heavy (non-hydrogen) atoms. The smallest absolute Gasteiger partial charge is 0.332 e. The maximum Gasteiger partial charge on any atom is 0.332 e. The van der Waals surface area contributed by atoms with Crippen LogP contribution < -0.4 is 0 Å². The van der Waals surface area contributed by atoms with Crippen molar-refractivity contribution in [1.82, 2.24) is 4.57 Å². The predicted molar refractivity (Wildman–Crippen MR) is 118 cm³/mol. The first kappa shape index (κ1) is 19.9. The molecule has 2 aromatic carbocycles. The summed E-state index contributed by atoms with van der Waals surface area (Å²) < 4.78 is 8.01. The highest BCUT2D eigenvalue weighted by atomic mass is 16.7. The maximum absolute atomic E-state index is 13.0. The fraction of sp³-hybridized carbons (Fsp3) is 0.200. The number of fused-ring (bicyclic) bond motifs is 5. The zero-order chi connectivity index (χ0) is 22.4. The number of benzene rings is 2. The van der Waals surface area contributed by atoms with E-state index in [-0.39, 0.29) is 17.5 Å². The third kappa shape index (κ3) is 3.05. The Morgan fingerprint density at radius 2 is 1.91 bits per heavy atom. The zero-order valence-electron chi connectivity index (χ0n) is 17.6. The number of hydrogen-bond donors (Lipinski definition) is 0. The van der Waals surface area contributed by atoms with E-state index in [2.05, 4.69) is 14.6 Å². The molecule has 0 spiro atoms. The highest BCUT2D eigenvalue weighted by Gasteiger charge is 2.46. The molecule has 5 rings (SSSR count). The first-order valence-electron chi connectivity index (χ1n) is 10.4. The number of carbonyl (C=O) groups is 3. The van der Waals surface area contributed by atoms with Gasteiger partial charge in [0.1, 0.15) is 6.10 Å². The molecule has 7 heteroatoms. The molecule has 1 aromatic heterocycles. The summed E-state index contributed by atoms with van der Waals surface area (Å²) in [6, 6.07) is 14.7. The topological polar surface area (TPSA) is 87.0 Å². The van der Waals surface area contributed by atoms with Gasteiger partial charge in [-0.2, -0.15) is 0 Å². The summed E-state index contributed by atoms with van der Waals surface area (Å²) in [6.07, 6.45) is 3.11. The summed E-state index contributed by atoms with van der Waals surface area (Å²) in [5.41, 5.74) is 3.88. The number of oxime groups is 1. The van der Waals surface area contributed by atoms with E-state index in [1.807, 2.05) is 49.4 Å². The summed E-state index contributed by atoms with van der Waals surface area (Å²) in [5, 5.41) is 4.45. The van der Waals surface area contributed by atoms with Crippen molar-refractivity contribution < 1.29 is 24.0 Å². The number of nitrogens with zero attached hydrogens (tertiary/aromatic N) is 2. The van der Waals surface area contributed by atoms with Crippen LogP contribution in [0.1, 0.15) is 47.1 Å². The quantitative estimate of drug-likeness (QED) is 0.355. The minimum Gasteiger partial charge on any atom is -0.464 e. The van der Waals surface area contributed by atoms with Gasteiger partial charge in [-0.15, -0.1) is 0 Å². The molecule has 0 bridgehead atoms. The monoisotopic (exact) mass is 428 g/mol. The van der Waals surface area contributed by atoms with Gasteiger partial charge in [0.2, 0.25) is 5.78 Å². The van der Waals surface area contributed by atoms with Gasteiger partial charge in [-0.3, -0.25) is 9.59 Å². The fourth-order valence-electron chi connectivity index (χ4n) is 4.44. The molecule has 2 unspecified atom stereocenters. The fourth-order valence-corrected chi connectivity index (χ4v) is 4.44. The van der Waals surface area contributed by atoms with Gasteiger partial charge in [0.25, 0.3) is 5.90 Å². The van der Waals surface area contributed by atoms with E-state index in [1.165, 1.54) is 6.92 Å². The van der Waals surface area contributed by atoms with Crippen LogP contribution in [0.5, 0.6) is 0 Å². The van der Waals surface area contributed by atoms with Crippen LogP contribution >= 0.6 is 0 Å². The van der Waals surface area contributed by atoms with Crippen molar-refractivity contribution in [3.63, 3.8) is 0 Å². The molecule has 3 aromatic rings. The standard InChI is InChI=1S/C25H20N2O5/c1-3-27-19-11-9-16(22(29)15-7-5-4-6-8-15)13-18(19)21-20(27)12-10-17-23(30)25(31-24(17)21)26-32-14(2)28/h4-13,17,24H,3H2,1-2H3/b26-25+. The lowest BCUT2D eigenvalue weighted by molar-refractivity contribution is -0.141. The zero-order valence-corrected chi connectivity index (χ0v) is 17.6. The SMILES string of the molecule is CCn1c2c(c3cc(C(=O)c4ccccc4)ccc31)C1O/C(=N/OC(C)=O)C(=O)C1C=C2. The van der Waals surface area contributed by atoms with Gasteiger partial charge in [0.05, 0.1) is 5.92 Å². The van der Waals surface area contributed by atoms with Crippen molar-refractivity contribution in [1.29, 1.82) is 0 Å². The van der Waals surface area contributed by atoms with E-state index in [1.54, 1.807) is 18.2 Å². The summed E-state index contributed by atoms with van der Waals surface area (Å²) in [6.45, 7) is 3.95. The van der Waals surface area contributed by atoms with Crippen molar-refractivity contribution in [2.75, 3.05) is 0 Å². The second kappa shape index (κ2) is 7.60. The van der Waals surface area contributed by atoms with E-state index < -0.39 is 18.0 Å². The van der Waals surface area contributed by atoms with Crippen LogP contribution in [0.25, 0.3) is 17.0 Å². The summed E-state index contributed by atoms with van der Waals surface area (Å²) >= 11 is 0. The first-order valence-corrected chi connectivity index (χ1v) is 10.4. The summed E-state index contributed by atoms with van der Waals surface area (Å²) in [5.74, 6) is -1.84. The van der Waals surface area contributed by atoms with Crippen LogP contribution in [0.4, 0.5) is 0 Å². The molecule has 2 heterocycles. The summed E-state index contributed by atoms with van der Waals surface area (Å²) in [7, 11) is 0. The van der Waals surface area contributed by atoms with E-state index in [9.17, 15) is 14.4 Å². The Labute approximate surface area is 183 Å². The minimum atomic E-state index is -0.633. The van der Waals surface area contributed by atoms with Crippen LogP contribution in [0.15, 0.2) is 59.8 Å². The molecular formula is C25H20N2O5. The Morgan fingerprint density at radius 3 is 2.62 bits per heavy atom. The molecule has 0 radical (unpaired) electrons. The molecular weight excluding hydrogens is 408 g/mol. The number of aryl methyl sites for hydroxylation is 1. The van der Waals surface area contributed by atoms with Gasteiger partial charge in [0.15, 0.2) is 5.78 Å². The number of aromatic nitrogens is 1. The molecule has 1 fully saturated rings. The average molecular weight is 428 g/mol. The first-order chi connectivity index (χ1) is 15.5. The molecule has 2 aliphatic rings. The van der Waals surface area contributed by atoms with Gasteiger partial charge in [0, 0.05) is 46.8 Å². The molecule has 2 atom stereocenters. The van der Waals surface area contributed by atoms with Crippen LogP contribution in [0.2, 0.25) is 0 Å². The highest BCUT2D eigenvalue weighted by Crippen LogP contribution is 2.45. The van der Waals surface area contributed by atoms with E-state index >= 15 is 0 Å². The second-order valence-corrected chi connectivity index (χ2v) is 7.74. The van der Waals surface area contributed by atoms with Gasteiger partial charge in [-0.25, -0.2) is 4.79 Å². The Balaban J connectivity index is 1.64. The van der Waals surface area contributed by atoms with Crippen molar-refractivity contribution in [2.45, 2.75) is 26.5 Å². The Morgan fingerprint density at radius 1 is 1.12 bits per heavy atom. The third-order valence-corrected chi connectivity index (χ3v) is 5.84. The van der Waals surface area contributed by atoms with E-state index in [0.29, 0.717) is 17.7 Å². The van der Waals surface area contributed by atoms with Crippen LogP contribution in [0, 0.1) is 5.92 Å². The average Bonchev–Trinajstić information content (AvgIpc) is 3.31. The van der Waals surface area contributed by atoms with Gasteiger partial charge in [-0.1, -0.05) is 36.4 Å². The van der Waals surface area contributed by atoms with Crippen LogP contribution in [-0.2, 0) is 25.7 Å². The number of rotatable bonds is 4. The summed E-state index contributed by atoms with van der Waals surface area (Å²) in [4.78, 5) is 41.6. The lowest BCUT2D eigenvalue weighted by Gasteiger charge is -2.19. The number of Topliss-reactive ketones (excluding diaryl/α,β-unsaturated/α-hetero) is 1. The Kier molecular flexibility index (Phi) is 4.74. The second-order valence-electron chi connectivity index (χ2n) is 7.74. The van der Waals surface area contributed by atoms with Crippen molar-refractivity contribution >= 4 is 40.4 Å². The largest absolute Gasteiger partial charge is 0.464 e. The Hall–Kier alpha value is -4.00. The lowest BCUT2D eigenvalue weighted by atomic mass is 9.87. The van der Waals surface area contributed by atoms with Crippen LogP contribution in [-0.4, -0.2) is 28.0 Å². The number of ketones is 2. The molecule has 0 N–H and O–H groups in total. The van der Waals surface area contributed by atoms with Crippen molar-refractivity contribution in [3.8, 4) is 0 Å². The molecule has 160 valence electrons. The predicted octanol–water partition coefficient (Wildman–Crippen LogP) is 4.05. The number of ether oxygens (including phenoxy) is 1. The van der Waals surface area contributed by atoms with E-state index in [0.717, 1.165) is 22.2 Å². The molecule has 0 saturated carbocycles. The number of hydrogen-bond acceptors (Lipinski definition) is 6. The van der Waals surface area contributed by atoms with Gasteiger partial charge < -0.3 is 14.1 Å². The van der Waals surface area contributed by atoms with Gasteiger partial charge in [-0.05, 0) is 36.4 Å². The third-order valence-electron chi connectivity index (χ3n) is 5.84. The normalized spacial score (nSPS) is 20.2. The molecule has 1 aliphatic heterocycles.